The first-order chi connectivity index (χ1) is 12.3. The molecule has 0 amide bonds. The van der Waals surface area contributed by atoms with Crippen LogP contribution < -0.4 is 0 Å². The minimum atomic E-state index is 0.736. The Morgan fingerprint density at radius 3 is 2.68 bits per heavy atom. The van der Waals surface area contributed by atoms with Crippen LogP contribution in [-0.4, -0.2) is 14.8 Å². The van der Waals surface area contributed by atoms with Gasteiger partial charge in [0.05, 0.1) is 0 Å². The molecule has 4 aromatic rings. The van der Waals surface area contributed by atoms with Gasteiger partial charge in [0.2, 0.25) is 5.82 Å². The highest BCUT2D eigenvalue weighted by Crippen LogP contribution is 2.31. The Labute approximate surface area is 154 Å². The molecule has 4 rings (SSSR count). The lowest BCUT2D eigenvalue weighted by Crippen LogP contribution is -1.99. The zero-order valence-electron chi connectivity index (χ0n) is 13.6. The quantitative estimate of drug-likeness (QED) is 0.426. The lowest BCUT2D eigenvalue weighted by atomic mass is 10.2. The van der Waals surface area contributed by atoms with E-state index < -0.39 is 0 Å². The Morgan fingerprint density at radius 1 is 1.08 bits per heavy atom. The number of benzene rings is 2. The van der Waals surface area contributed by atoms with Gasteiger partial charge in [0.1, 0.15) is 5.58 Å². The maximum Gasteiger partial charge on any atom is 0.200 e. The summed E-state index contributed by atoms with van der Waals surface area (Å²) in [5, 5.41) is 11.4. The molecule has 2 heterocycles. The number of rotatable bonds is 5. The third-order valence-corrected chi connectivity index (χ3v) is 5.38. The van der Waals surface area contributed by atoms with E-state index >= 15 is 0 Å². The molecule has 4 nitrogen and oxygen atoms in total. The number of thioether (sulfide) groups is 1. The molecule has 0 aliphatic heterocycles. The van der Waals surface area contributed by atoms with E-state index in [9.17, 15) is 0 Å². The van der Waals surface area contributed by atoms with Gasteiger partial charge in [-0.2, -0.15) is 0 Å². The van der Waals surface area contributed by atoms with Gasteiger partial charge in [-0.05, 0) is 30.7 Å². The van der Waals surface area contributed by atoms with Gasteiger partial charge in [0.25, 0.3) is 0 Å². The molecule has 0 N–H and O–H groups in total. The fourth-order valence-electron chi connectivity index (χ4n) is 2.71. The van der Waals surface area contributed by atoms with Gasteiger partial charge in [-0.1, -0.05) is 59.8 Å². The molecular weight excluding hydrogens is 354 g/mol. The topological polar surface area (TPSA) is 43.9 Å². The molecule has 2 aromatic carbocycles. The zero-order chi connectivity index (χ0) is 17.2. The zero-order valence-corrected chi connectivity index (χ0v) is 15.2. The minimum Gasteiger partial charge on any atom is -0.453 e. The lowest BCUT2D eigenvalue weighted by Gasteiger charge is -2.06. The third kappa shape index (κ3) is 3.17. The Bertz CT molecular complexity index is 991. The summed E-state index contributed by atoms with van der Waals surface area (Å²) in [7, 11) is 0. The van der Waals surface area contributed by atoms with E-state index in [2.05, 4.69) is 21.7 Å². The van der Waals surface area contributed by atoms with Crippen LogP contribution in [0.2, 0.25) is 5.02 Å². The first kappa shape index (κ1) is 16.2. The second-order valence-corrected chi connectivity index (χ2v) is 6.93. The van der Waals surface area contributed by atoms with E-state index in [1.165, 1.54) is 0 Å². The summed E-state index contributed by atoms with van der Waals surface area (Å²) in [6.07, 6.45) is 0. The first-order valence-corrected chi connectivity index (χ1v) is 9.41. The number of fused-ring (bicyclic) bond motifs is 1. The van der Waals surface area contributed by atoms with Crippen molar-refractivity contribution in [3.63, 3.8) is 0 Å². The normalized spacial score (nSPS) is 11.3. The molecule has 0 saturated heterocycles. The van der Waals surface area contributed by atoms with Crippen LogP contribution in [0.1, 0.15) is 12.5 Å². The van der Waals surface area contributed by atoms with Gasteiger partial charge >= 0.3 is 0 Å². The van der Waals surface area contributed by atoms with Crippen molar-refractivity contribution in [3.05, 3.63) is 65.2 Å². The molecule has 0 atom stereocenters. The fourth-order valence-corrected chi connectivity index (χ4v) is 4.00. The van der Waals surface area contributed by atoms with Crippen LogP contribution in [0.25, 0.3) is 22.6 Å². The summed E-state index contributed by atoms with van der Waals surface area (Å²) >= 11 is 7.86. The van der Waals surface area contributed by atoms with Gasteiger partial charge in [-0.3, -0.25) is 4.57 Å². The van der Waals surface area contributed by atoms with Crippen LogP contribution >= 0.6 is 23.4 Å². The van der Waals surface area contributed by atoms with E-state index in [-0.39, 0.29) is 0 Å². The Morgan fingerprint density at radius 2 is 1.88 bits per heavy atom. The number of nitrogens with zero attached hydrogens (tertiary/aromatic N) is 3. The molecule has 25 heavy (non-hydrogen) atoms. The SMILES string of the molecule is CCn1c(SCc2ccccc2Cl)nnc1-c1cc2ccccc2o1. The second kappa shape index (κ2) is 6.94. The van der Waals surface area contributed by atoms with Crippen LogP contribution in [0.15, 0.2) is 64.2 Å². The van der Waals surface area contributed by atoms with Crippen LogP contribution in [0.4, 0.5) is 0 Å². The van der Waals surface area contributed by atoms with E-state index in [1.54, 1.807) is 11.8 Å². The average molecular weight is 370 g/mol. The maximum atomic E-state index is 6.24. The van der Waals surface area contributed by atoms with Gasteiger partial charge < -0.3 is 4.42 Å². The van der Waals surface area contributed by atoms with Gasteiger partial charge in [-0.25, -0.2) is 0 Å². The Kier molecular flexibility index (Phi) is 4.51. The Hall–Kier alpha value is -2.24. The number of halogens is 1. The highest BCUT2D eigenvalue weighted by atomic mass is 35.5. The van der Waals surface area contributed by atoms with E-state index in [1.807, 2.05) is 54.6 Å². The van der Waals surface area contributed by atoms with Crippen LogP contribution in [0.5, 0.6) is 0 Å². The molecule has 0 fully saturated rings. The van der Waals surface area contributed by atoms with Crippen molar-refractivity contribution in [1.29, 1.82) is 0 Å². The van der Waals surface area contributed by atoms with Crippen molar-refractivity contribution in [1.82, 2.24) is 14.8 Å². The molecule has 2 aromatic heterocycles. The number of para-hydroxylation sites is 1. The smallest absolute Gasteiger partial charge is 0.200 e. The van der Waals surface area contributed by atoms with E-state index in [0.29, 0.717) is 0 Å². The lowest BCUT2D eigenvalue weighted by molar-refractivity contribution is 0.607. The maximum absolute atomic E-state index is 6.24. The monoisotopic (exact) mass is 369 g/mol. The van der Waals surface area contributed by atoms with Gasteiger partial charge in [0, 0.05) is 22.7 Å². The highest BCUT2D eigenvalue weighted by molar-refractivity contribution is 7.98. The molecule has 126 valence electrons. The predicted molar refractivity (Wildman–Crippen MR) is 102 cm³/mol. The van der Waals surface area contributed by atoms with Crippen LogP contribution in [-0.2, 0) is 12.3 Å². The Balaban J connectivity index is 1.63. The molecule has 0 aliphatic carbocycles. The summed E-state index contributed by atoms with van der Waals surface area (Å²) in [5.41, 5.74) is 1.94. The fraction of sp³-hybridized carbons (Fsp3) is 0.158. The molecule has 0 radical (unpaired) electrons. The van der Waals surface area contributed by atoms with Gasteiger partial charge in [-0.15, -0.1) is 10.2 Å². The summed E-state index contributed by atoms with van der Waals surface area (Å²) < 4.78 is 8.01. The molecule has 0 aliphatic rings. The molecular formula is C19H16ClN3OS. The van der Waals surface area contributed by atoms with Crippen molar-refractivity contribution in [3.8, 4) is 11.6 Å². The van der Waals surface area contributed by atoms with Gasteiger partial charge in [0.15, 0.2) is 10.9 Å². The van der Waals surface area contributed by atoms with Crippen LogP contribution in [0, 0.1) is 0 Å². The molecule has 0 bridgehead atoms. The van der Waals surface area contributed by atoms with Crippen molar-refractivity contribution >= 4 is 34.3 Å². The van der Waals surface area contributed by atoms with E-state index in [4.69, 9.17) is 16.0 Å². The van der Waals surface area contributed by atoms with Crippen molar-refractivity contribution in [2.75, 3.05) is 0 Å². The highest BCUT2D eigenvalue weighted by Gasteiger charge is 2.17. The number of furan rings is 1. The minimum absolute atomic E-state index is 0.736. The summed E-state index contributed by atoms with van der Waals surface area (Å²) in [6, 6.07) is 17.8. The van der Waals surface area contributed by atoms with Crippen molar-refractivity contribution < 1.29 is 4.42 Å². The summed E-state index contributed by atoms with van der Waals surface area (Å²) in [4.78, 5) is 0. The second-order valence-electron chi connectivity index (χ2n) is 5.58. The molecule has 0 saturated carbocycles. The van der Waals surface area contributed by atoms with Crippen molar-refractivity contribution in [2.24, 2.45) is 0 Å². The predicted octanol–water partition coefficient (Wildman–Crippen LogP) is 5.66. The molecule has 6 heteroatoms. The summed E-state index contributed by atoms with van der Waals surface area (Å²) in [6.45, 7) is 2.85. The standard InChI is InChI=1S/C19H16ClN3OS/c1-2-23-18(17-11-13-7-4-6-10-16(13)24-17)21-22-19(23)25-12-14-8-3-5-9-15(14)20/h3-11H,2,12H2,1H3. The number of hydrogen-bond acceptors (Lipinski definition) is 4. The number of aromatic nitrogens is 3. The molecule has 0 unspecified atom stereocenters. The number of hydrogen-bond donors (Lipinski definition) is 0. The largest absolute Gasteiger partial charge is 0.453 e. The van der Waals surface area contributed by atoms with E-state index in [0.717, 1.165) is 50.6 Å². The van der Waals surface area contributed by atoms with Crippen molar-refractivity contribution in [2.45, 2.75) is 24.4 Å². The molecule has 0 spiro atoms. The van der Waals surface area contributed by atoms with Crippen LogP contribution in [0.3, 0.4) is 0 Å². The average Bonchev–Trinajstić information content (AvgIpc) is 3.24. The third-order valence-electron chi connectivity index (χ3n) is 3.99. The summed E-state index contributed by atoms with van der Waals surface area (Å²) in [5.74, 6) is 2.23. The first-order valence-electron chi connectivity index (χ1n) is 8.04.